The van der Waals surface area contributed by atoms with Crippen molar-refractivity contribution in [2.75, 3.05) is 6.61 Å². The van der Waals surface area contributed by atoms with E-state index in [2.05, 4.69) is 4.99 Å². The fraction of sp³-hybridized carbons (Fsp3) is 0.241. The molecule has 1 aromatic heterocycles. The van der Waals surface area contributed by atoms with Gasteiger partial charge >= 0.3 is 23.9 Å². The van der Waals surface area contributed by atoms with Gasteiger partial charge in [-0.3, -0.25) is 23.7 Å². The number of thiazole rings is 1. The molecule has 1 aliphatic rings. The highest BCUT2D eigenvalue weighted by atomic mass is 32.1. The first-order valence-corrected chi connectivity index (χ1v) is 13.3. The number of rotatable bonds is 7. The summed E-state index contributed by atoms with van der Waals surface area (Å²) in [6, 6.07) is 10.0. The Balaban J connectivity index is 1.90. The minimum atomic E-state index is -0.877. The van der Waals surface area contributed by atoms with Crippen LogP contribution in [0.2, 0.25) is 0 Å². The lowest BCUT2D eigenvalue weighted by molar-refractivity contribution is -0.139. The van der Waals surface area contributed by atoms with Crippen molar-refractivity contribution in [3.63, 3.8) is 0 Å². The molecule has 0 unspecified atom stereocenters. The summed E-state index contributed by atoms with van der Waals surface area (Å²) in [5.41, 5.74) is 1.08. The van der Waals surface area contributed by atoms with Gasteiger partial charge in [0.2, 0.25) is 0 Å². The van der Waals surface area contributed by atoms with Gasteiger partial charge in [-0.25, -0.2) is 9.79 Å². The molecule has 2 aromatic carbocycles. The Morgan fingerprint density at radius 2 is 1.54 bits per heavy atom. The molecule has 0 radical (unpaired) electrons. The highest BCUT2D eigenvalue weighted by Crippen LogP contribution is 2.32. The minimum absolute atomic E-state index is 0.0862. The smallest absolute Gasteiger partial charge is 0.338 e. The van der Waals surface area contributed by atoms with Crippen molar-refractivity contribution in [3.8, 4) is 17.2 Å². The van der Waals surface area contributed by atoms with Crippen molar-refractivity contribution in [3.05, 3.63) is 84.5 Å². The van der Waals surface area contributed by atoms with Crippen molar-refractivity contribution < 1.29 is 38.1 Å². The molecule has 41 heavy (non-hydrogen) atoms. The number of fused-ring (bicyclic) bond motifs is 1. The van der Waals surface area contributed by atoms with Gasteiger partial charge in [0.1, 0.15) is 17.2 Å². The van der Waals surface area contributed by atoms with E-state index >= 15 is 0 Å². The molecule has 0 amide bonds. The van der Waals surface area contributed by atoms with Crippen molar-refractivity contribution in [2.45, 2.75) is 40.7 Å². The first-order valence-electron chi connectivity index (χ1n) is 12.5. The SMILES string of the molecule is CCOC(=O)C1=C(C)N=c2s/c(=C/c3ccc(OC(C)=O)cc3OC(C)=O)c(=O)n2[C@@H]1c1ccc(OC(C)=O)cc1. The summed E-state index contributed by atoms with van der Waals surface area (Å²) in [5.74, 6) is -1.69. The number of aromatic nitrogens is 1. The number of benzene rings is 2. The van der Waals surface area contributed by atoms with Gasteiger partial charge in [-0.1, -0.05) is 23.5 Å². The Labute approximate surface area is 237 Å². The van der Waals surface area contributed by atoms with E-state index in [4.69, 9.17) is 18.9 Å². The minimum Gasteiger partial charge on any atom is -0.463 e. The van der Waals surface area contributed by atoms with Crippen LogP contribution in [0.5, 0.6) is 17.2 Å². The molecule has 4 rings (SSSR count). The molecular weight excluding hydrogens is 552 g/mol. The number of hydrogen-bond acceptors (Lipinski definition) is 11. The zero-order valence-electron chi connectivity index (χ0n) is 22.9. The number of ether oxygens (including phenoxy) is 4. The van der Waals surface area contributed by atoms with Crippen LogP contribution in [-0.2, 0) is 23.9 Å². The van der Waals surface area contributed by atoms with E-state index in [1.807, 2.05) is 0 Å². The summed E-state index contributed by atoms with van der Waals surface area (Å²) in [6.07, 6.45) is 1.53. The topological polar surface area (TPSA) is 140 Å². The molecule has 0 saturated carbocycles. The summed E-state index contributed by atoms with van der Waals surface area (Å²) in [6.45, 7) is 7.22. The largest absolute Gasteiger partial charge is 0.463 e. The quantitative estimate of drug-likeness (QED) is 0.306. The Bertz CT molecular complexity index is 1760. The number of carbonyl (C=O) groups is 4. The van der Waals surface area contributed by atoms with Crippen molar-refractivity contribution in [1.29, 1.82) is 0 Å². The second-order valence-electron chi connectivity index (χ2n) is 8.85. The van der Waals surface area contributed by atoms with Crippen LogP contribution < -0.4 is 29.1 Å². The lowest BCUT2D eigenvalue weighted by atomic mass is 9.96. The van der Waals surface area contributed by atoms with Crippen LogP contribution >= 0.6 is 11.3 Å². The molecule has 11 nitrogen and oxygen atoms in total. The molecule has 12 heteroatoms. The third kappa shape index (κ3) is 6.49. The predicted octanol–water partition coefficient (Wildman–Crippen LogP) is 2.57. The standard InChI is InChI=1S/C29H26N2O9S/c1-6-37-28(36)25-15(2)30-29-31(26(25)19-7-10-21(11-8-19)38-16(3)32)27(35)24(41-29)13-20-9-12-22(39-17(4)33)14-23(20)40-18(5)34/h7-14,26H,6H2,1-5H3/b24-13+/t26-/m1/s1. The van der Waals surface area contributed by atoms with Crippen LogP contribution in [-0.4, -0.2) is 35.1 Å². The molecule has 212 valence electrons. The lowest BCUT2D eigenvalue weighted by Gasteiger charge is -2.24. The van der Waals surface area contributed by atoms with Gasteiger partial charge in [-0.15, -0.1) is 0 Å². The maximum atomic E-state index is 13.9. The normalized spacial score (nSPS) is 14.6. The van der Waals surface area contributed by atoms with Crippen LogP contribution in [0, 0.1) is 0 Å². The molecule has 0 fully saturated rings. The predicted molar refractivity (Wildman–Crippen MR) is 147 cm³/mol. The maximum Gasteiger partial charge on any atom is 0.338 e. The number of carbonyl (C=O) groups excluding carboxylic acids is 4. The van der Waals surface area contributed by atoms with Crippen LogP contribution in [0.4, 0.5) is 0 Å². The average Bonchev–Trinajstić information content (AvgIpc) is 3.18. The second-order valence-corrected chi connectivity index (χ2v) is 9.86. The molecule has 0 aliphatic carbocycles. The van der Waals surface area contributed by atoms with E-state index in [0.717, 1.165) is 11.3 Å². The summed E-state index contributed by atoms with van der Waals surface area (Å²) in [7, 11) is 0. The molecule has 2 heterocycles. The molecule has 1 atom stereocenters. The Kier molecular flexibility index (Phi) is 8.62. The Morgan fingerprint density at radius 3 is 2.15 bits per heavy atom. The summed E-state index contributed by atoms with van der Waals surface area (Å²) >= 11 is 1.09. The summed E-state index contributed by atoms with van der Waals surface area (Å²) < 4.78 is 22.5. The monoisotopic (exact) mass is 578 g/mol. The lowest BCUT2D eigenvalue weighted by Crippen LogP contribution is -2.39. The molecule has 3 aromatic rings. The van der Waals surface area contributed by atoms with Gasteiger partial charge in [-0.2, -0.15) is 0 Å². The molecule has 0 N–H and O–H groups in total. The van der Waals surface area contributed by atoms with Crippen molar-refractivity contribution in [1.82, 2.24) is 4.57 Å². The fourth-order valence-corrected chi connectivity index (χ4v) is 5.28. The summed E-state index contributed by atoms with van der Waals surface area (Å²) in [4.78, 5) is 66.3. The van der Waals surface area contributed by atoms with E-state index in [9.17, 15) is 24.0 Å². The number of allylic oxidation sites excluding steroid dienone is 1. The highest BCUT2D eigenvalue weighted by Gasteiger charge is 2.33. The van der Waals surface area contributed by atoms with E-state index in [1.54, 1.807) is 44.2 Å². The van der Waals surface area contributed by atoms with E-state index in [-0.39, 0.29) is 28.2 Å². The zero-order valence-corrected chi connectivity index (χ0v) is 23.7. The molecule has 0 spiro atoms. The van der Waals surface area contributed by atoms with Gasteiger partial charge in [0.05, 0.1) is 28.5 Å². The Morgan fingerprint density at radius 1 is 0.927 bits per heavy atom. The van der Waals surface area contributed by atoms with Gasteiger partial charge in [0.25, 0.3) is 5.56 Å². The van der Waals surface area contributed by atoms with Crippen molar-refractivity contribution in [2.24, 2.45) is 4.99 Å². The number of nitrogens with zero attached hydrogens (tertiary/aromatic N) is 2. The van der Waals surface area contributed by atoms with Crippen LogP contribution in [0.1, 0.15) is 51.8 Å². The summed E-state index contributed by atoms with van der Waals surface area (Å²) in [5, 5.41) is 0. The number of hydrogen-bond donors (Lipinski definition) is 0. The van der Waals surface area contributed by atoms with Gasteiger partial charge in [-0.05, 0) is 49.8 Å². The van der Waals surface area contributed by atoms with Crippen molar-refractivity contribution >= 4 is 41.3 Å². The first-order chi connectivity index (χ1) is 19.5. The molecule has 0 saturated heterocycles. The Hall–Kier alpha value is -4.84. The highest BCUT2D eigenvalue weighted by molar-refractivity contribution is 7.07. The first kappa shape index (κ1) is 29.2. The third-order valence-electron chi connectivity index (χ3n) is 5.76. The molecule has 0 bridgehead atoms. The fourth-order valence-electron chi connectivity index (χ4n) is 4.24. The number of esters is 4. The van der Waals surface area contributed by atoms with Crippen LogP contribution in [0.3, 0.4) is 0 Å². The van der Waals surface area contributed by atoms with E-state index in [0.29, 0.717) is 27.4 Å². The van der Waals surface area contributed by atoms with Gasteiger partial charge in [0, 0.05) is 32.4 Å². The van der Waals surface area contributed by atoms with Gasteiger partial charge < -0.3 is 18.9 Å². The van der Waals surface area contributed by atoms with E-state index in [1.165, 1.54) is 43.5 Å². The molecular formula is C29H26N2O9S. The van der Waals surface area contributed by atoms with Crippen LogP contribution in [0.25, 0.3) is 6.08 Å². The van der Waals surface area contributed by atoms with E-state index < -0.39 is 35.5 Å². The van der Waals surface area contributed by atoms with Gasteiger partial charge in [0.15, 0.2) is 4.80 Å². The second kappa shape index (κ2) is 12.1. The van der Waals surface area contributed by atoms with Crippen LogP contribution in [0.15, 0.2) is 63.5 Å². The molecule has 1 aliphatic heterocycles. The maximum absolute atomic E-state index is 13.9. The average molecular weight is 579 g/mol. The third-order valence-corrected chi connectivity index (χ3v) is 6.74. The zero-order chi connectivity index (χ0) is 29.8.